The fraction of sp³-hybridized carbons (Fsp3) is 0.421. The third-order valence-corrected chi connectivity index (χ3v) is 4.71. The molecular formula is C19H22N6O4. The highest BCUT2D eigenvalue weighted by Gasteiger charge is 2.22. The molecule has 0 aromatic carbocycles. The average Bonchev–Trinajstić information content (AvgIpc) is 3.44. The number of nitrogens with zero attached hydrogens (tertiary/aromatic N) is 5. The first kappa shape index (κ1) is 18.9. The Morgan fingerprint density at radius 3 is 3.00 bits per heavy atom. The summed E-state index contributed by atoms with van der Waals surface area (Å²) in [4.78, 5) is 29.7. The molecule has 0 saturated heterocycles. The number of aromatic nitrogens is 4. The van der Waals surface area contributed by atoms with E-state index in [4.69, 9.17) is 8.94 Å². The Labute approximate surface area is 166 Å². The summed E-state index contributed by atoms with van der Waals surface area (Å²) in [6, 6.07) is 5.46. The topological polar surface area (TPSA) is 119 Å². The predicted molar refractivity (Wildman–Crippen MR) is 100 cm³/mol. The second-order valence-electron chi connectivity index (χ2n) is 6.92. The monoisotopic (exact) mass is 398 g/mol. The first-order valence-electron chi connectivity index (χ1n) is 9.53. The first-order chi connectivity index (χ1) is 14.1. The van der Waals surface area contributed by atoms with Gasteiger partial charge in [0.1, 0.15) is 0 Å². The molecule has 0 saturated carbocycles. The van der Waals surface area contributed by atoms with Gasteiger partial charge >= 0.3 is 0 Å². The number of amides is 2. The van der Waals surface area contributed by atoms with Crippen LogP contribution in [0.4, 0.5) is 0 Å². The minimum atomic E-state index is -0.0923. The Bertz CT molecular complexity index is 990. The maximum absolute atomic E-state index is 12.6. The zero-order valence-electron chi connectivity index (χ0n) is 16.1. The molecule has 0 spiro atoms. The van der Waals surface area contributed by atoms with Crippen molar-refractivity contribution in [3.05, 3.63) is 41.7 Å². The standard InChI is InChI=1S/C19H22N6O4/c1-13(26)20-11-14-10-15-12-24(7-8-25(15)22-14)18(27)6-2-5-17-21-19(23-29-17)16-4-3-9-28-16/h3-4,9-10H,2,5-8,11-12H2,1H3,(H,20,26). The van der Waals surface area contributed by atoms with Crippen LogP contribution in [-0.4, -0.2) is 43.2 Å². The number of rotatable bonds is 7. The van der Waals surface area contributed by atoms with Crippen molar-refractivity contribution in [3.63, 3.8) is 0 Å². The summed E-state index contributed by atoms with van der Waals surface area (Å²) >= 11 is 0. The Morgan fingerprint density at radius 1 is 1.31 bits per heavy atom. The van der Waals surface area contributed by atoms with E-state index in [2.05, 4.69) is 20.6 Å². The zero-order chi connectivity index (χ0) is 20.2. The van der Waals surface area contributed by atoms with Crippen LogP contribution in [0.1, 0.15) is 37.0 Å². The van der Waals surface area contributed by atoms with Gasteiger partial charge in [-0.25, -0.2) is 0 Å². The van der Waals surface area contributed by atoms with E-state index in [1.807, 2.05) is 15.6 Å². The van der Waals surface area contributed by atoms with Crippen LogP contribution < -0.4 is 5.32 Å². The zero-order valence-corrected chi connectivity index (χ0v) is 16.1. The Morgan fingerprint density at radius 2 is 2.21 bits per heavy atom. The largest absolute Gasteiger partial charge is 0.461 e. The van der Waals surface area contributed by atoms with Gasteiger partial charge in [0.15, 0.2) is 5.76 Å². The summed E-state index contributed by atoms with van der Waals surface area (Å²) in [6.45, 7) is 3.67. The highest BCUT2D eigenvalue weighted by atomic mass is 16.5. The molecule has 0 atom stereocenters. The SMILES string of the molecule is CC(=O)NCc1cc2n(n1)CCN(C(=O)CCCc1nc(-c3ccco3)no1)C2. The molecule has 152 valence electrons. The summed E-state index contributed by atoms with van der Waals surface area (Å²) in [5, 5.41) is 11.1. The number of carbonyl (C=O) groups excluding carboxylic acids is 2. The van der Waals surface area contributed by atoms with E-state index in [1.54, 1.807) is 18.4 Å². The number of nitrogens with one attached hydrogen (secondary N) is 1. The highest BCUT2D eigenvalue weighted by molar-refractivity contribution is 5.76. The lowest BCUT2D eigenvalue weighted by atomic mass is 10.2. The quantitative estimate of drug-likeness (QED) is 0.641. The van der Waals surface area contributed by atoms with Crippen molar-refractivity contribution in [1.82, 2.24) is 30.1 Å². The smallest absolute Gasteiger partial charge is 0.238 e. The molecule has 4 heterocycles. The van der Waals surface area contributed by atoms with Crippen LogP contribution in [0.25, 0.3) is 11.6 Å². The molecular weight excluding hydrogens is 376 g/mol. The molecule has 2 amide bonds. The van der Waals surface area contributed by atoms with Gasteiger partial charge in [0.25, 0.3) is 0 Å². The number of hydrogen-bond donors (Lipinski definition) is 1. The number of hydrogen-bond acceptors (Lipinski definition) is 7. The maximum atomic E-state index is 12.6. The lowest BCUT2D eigenvalue weighted by Gasteiger charge is -2.27. The van der Waals surface area contributed by atoms with Gasteiger partial charge < -0.3 is 19.2 Å². The Kier molecular flexibility index (Phi) is 5.41. The van der Waals surface area contributed by atoms with Crippen LogP contribution in [0.2, 0.25) is 0 Å². The van der Waals surface area contributed by atoms with Gasteiger partial charge in [-0.15, -0.1) is 0 Å². The van der Waals surface area contributed by atoms with Gasteiger partial charge in [-0.1, -0.05) is 5.16 Å². The molecule has 0 bridgehead atoms. The van der Waals surface area contributed by atoms with Crippen molar-refractivity contribution in [2.45, 2.75) is 45.8 Å². The third-order valence-electron chi connectivity index (χ3n) is 4.71. The average molecular weight is 398 g/mol. The van der Waals surface area contributed by atoms with Crippen molar-refractivity contribution in [2.24, 2.45) is 0 Å². The van der Waals surface area contributed by atoms with Crippen LogP contribution in [0, 0.1) is 0 Å². The van der Waals surface area contributed by atoms with Crippen LogP contribution in [0.3, 0.4) is 0 Å². The number of fused-ring (bicyclic) bond motifs is 1. The van der Waals surface area contributed by atoms with Crippen LogP contribution >= 0.6 is 0 Å². The van der Waals surface area contributed by atoms with Crippen molar-refractivity contribution >= 4 is 11.8 Å². The van der Waals surface area contributed by atoms with E-state index in [0.717, 1.165) is 11.4 Å². The molecule has 0 radical (unpaired) electrons. The summed E-state index contributed by atoms with van der Waals surface area (Å²) < 4.78 is 12.4. The van der Waals surface area contributed by atoms with Crippen LogP contribution in [0.15, 0.2) is 33.4 Å². The molecule has 1 aliphatic rings. The van der Waals surface area contributed by atoms with Gasteiger partial charge in [-0.2, -0.15) is 10.1 Å². The third kappa shape index (κ3) is 4.53. The molecule has 0 fully saturated rings. The van der Waals surface area contributed by atoms with Crippen molar-refractivity contribution in [3.8, 4) is 11.6 Å². The van der Waals surface area contributed by atoms with E-state index in [9.17, 15) is 9.59 Å². The lowest BCUT2D eigenvalue weighted by molar-refractivity contribution is -0.132. The second-order valence-corrected chi connectivity index (χ2v) is 6.92. The highest BCUT2D eigenvalue weighted by Crippen LogP contribution is 2.18. The molecule has 1 N–H and O–H groups in total. The molecule has 3 aromatic rings. The summed E-state index contributed by atoms with van der Waals surface area (Å²) in [7, 11) is 0. The first-order valence-corrected chi connectivity index (χ1v) is 9.53. The Hall–Kier alpha value is -3.43. The fourth-order valence-electron chi connectivity index (χ4n) is 3.25. The van der Waals surface area contributed by atoms with Gasteiger partial charge in [-0.05, 0) is 24.6 Å². The maximum Gasteiger partial charge on any atom is 0.238 e. The molecule has 10 heteroatoms. The van der Waals surface area contributed by atoms with Crippen LogP contribution in [-0.2, 0) is 35.6 Å². The van der Waals surface area contributed by atoms with Crippen molar-refractivity contribution in [1.29, 1.82) is 0 Å². The summed E-state index contributed by atoms with van der Waals surface area (Å²) in [5.74, 6) is 1.45. The van der Waals surface area contributed by atoms with Gasteiger partial charge in [0, 0.05) is 26.3 Å². The van der Waals surface area contributed by atoms with E-state index >= 15 is 0 Å². The lowest BCUT2D eigenvalue weighted by Crippen LogP contribution is -2.38. The minimum absolute atomic E-state index is 0.0895. The van der Waals surface area contributed by atoms with E-state index in [0.29, 0.717) is 62.9 Å². The molecule has 10 nitrogen and oxygen atoms in total. The van der Waals surface area contributed by atoms with Crippen molar-refractivity contribution in [2.75, 3.05) is 6.54 Å². The van der Waals surface area contributed by atoms with E-state index in [-0.39, 0.29) is 11.8 Å². The van der Waals surface area contributed by atoms with Crippen molar-refractivity contribution < 1.29 is 18.5 Å². The van der Waals surface area contributed by atoms with E-state index in [1.165, 1.54) is 6.92 Å². The molecule has 29 heavy (non-hydrogen) atoms. The number of carbonyl (C=O) groups is 2. The Balaban J connectivity index is 1.26. The van der Waals surface area contributed by atoms with E-state index < -0.39 is 0 Å². The predicted octanol–water partition coefficient (Wildman–Crippen LogP) is 1.53. The summed E-state index contributed by atoms with van der Waals surface area (Å²) in [5.41, 5.74) is 1.78. The molecule has 4 rings (SSSR count). The molecule has 3 aromatic heterocycles. The minimum Gasteiger partial charge on any atom is -0.461 e. The molecule has 0 unspecified atom stereocenters. The molecule has 0 aliphatic carbocycles. The number of aryl methyl sites for hydroxylation is 1. The fourth-order valence-corrected chi connectivity index (χ4v) is 3.25. The summed E-state index contributed by atoms with van der Waals surface area (Å²) in [6.07, 6.45) is 3.12. The van der Waals surface area contributed by atoms with Gasteiger partial charge in [0.05, 0.1) is 37.3 Å². The van der Waals surface area contributed by atoms with Crippen LogP contribution in [0.5, 0.6) is 0 Å². The van der Waals surface area contributed by atoms with Gasteiger partial charge in [0.2, 0.25) is 23.5 Å². The number of furan rings is 1. The second kappa shape index (κ2) is 8.29. The normalized spacial score (nSPS) is 13.3. The van der Waals surface area contributed by atoms with Gasteiger partial charge in [-0.3, -0.25) is 14.3 Å². The molecule has 1 aliphatic heterocycles.